The van der Waals surface area contributed by atoms with Crippen molar-refractivity contribution in [3.05, 3.63) is 81.0 Å². The molecule has 5 rings (SSSR count). The van der Waals surface area contributed by atoms with Gasteiger partial charge in [0, 0.05) is 30.1 Å². The average Bonchev–Trinajstić information content (AvgIpc) is 3.38. The average molecular weight is 513 g/mol. The maximum atomic E-state index is 13.5. The molecule has 3 aromatic rings. The van der Waals surface area contributed by atoms with Crippen molar-refractivity contribution in [3.8, 4) is 0 Å². The fourth-order valence-electron chi connectivity index (χ4n) is 4.71. The van der Waals surface area contributed by atoms with E-state index in [0.717, 1.165) is 53.6 Å². The van der Waals surface area contributed by atoms with Gasteiger partial charge in [0.15, 0.2) is 5.78 Å². The van der Waals surface area contributed by atoms with E-state index in [0.29, 0.717) is 5.02 Å². The van der Waals surface area contributed by atoms with Crippen LogP contribution < -0.4 is 10.2 Å². The molecular formula is C26H25ClN2O3S2. The first kappa shape index (κ1) is 23.4. The molecule has 34 heavy (non-hydrogen) atoms. The normalized spacial score (nSPS) is 23.1. The maximum Gasteiger partial charge on any atom is 0.242 e. The highest BCUT2D eigenvalue weighted by atomic mass is 35.5. The molecule has 2 aliphatic rings. The van der Waals surface area contributed by atoms with Gasteiger partial charge in [0.1, 0.15) is 5.25 Å². The first-order valence-electron chi connectivity index (χ1n) is 11.2. The molecule has 0 bridgehead atoms. The zero-order valence-corrected chi connectivity index (χ0v) is 21.1. The maximum absolute atomic E-state index is 13.5. The lowest BCUT2D eigenvalue weighted by Gasteiger charge is -2.40. The van der Waals surface area contributed by atoms with Crippen molar-refractivity contribution >= 4 is 52.1 Å². The van der Waals surface area contributed by atoms with Gasteiger partial charge < -0.3 is 15.0 Å². The largest absolute Gasteiger partial charge is 0.378 e. The summed E-state index contributed by atoms with van der Waals surface area (Å²) in [6.45, 7) is 5.22. The molecule has 0 aliphatic carbocycles. The van der Waals surface area contributed by atoms with Crippen LogP contribution in [0.1, 0.15) is 23.1 Å². The van der Waals surface area contributed by atoms with E-state index in [1.807, 2.05) is 41.1 Å². The number of anilines is 1. The Labute approximate surface area is 212 Å². The predicted molar refractivity (Wildman–Crippen MR) is 138 cm³/mol. The van der Waals surface area contributed by atoms with E-state index in [4.69, 9.17) is 16.3 Å². The fraction of sp³-hybridized carbons (Fsp3) is 0.308. The Morgan fingerprint density at radius 2 is 1.91 bits per heavy atom. The molecule has 1 aromatic heterocycles. The van der Waals surface area contributed by atoms with Crippen molar-refractivity contribution in [2.45, 2.75) is 29.0 Å². The van der Waals surface area contributed by atoms with Gasteiger partial charge in [0.2, 0.25) is 5.91 Å². The SMILES string of the molecule is Cc1cc(C2(c3ccsc3)CC(=O)C(Sc3ccccc3Cl)C(=O)N2)ccc1N1CCOCC1. The standard InChI is InChI=1S/C26H25ClN2O3S2/c1-17-14-18(6-7-21(17)29-9-11-32-12-10-29)26(19-8-13-33-16-19)15-22(30)24(25(31)28-26)34-23-5-3-2-4-20(23)27/h2-8,13-14,16,24H,9-12,15H2,1H3,(H,28,31). The van der Waals surface area contributed by atoms with Gasteiger partial charge in [-0.15, -0.1) is 11.8 Å². The second kappa shape index (κ2) is 9.74. The monoisotopic (exact) mass is 512 g/mol. The lowest BCUT2D eigenvalue weighted by molar-refractivity contribution is -0.132. The molecule has 0 saturated carbocycles. The molecule has 5 nitrogen and oxygen atoms in total. The van der Waals surface area contributed by atoms with Crippen LogP contribution in [0.15, 0.2) is 64.2 Å². The van der Waals surface area contributed by atoms with Crippen LogP contribution in [0.5, 0.6) is 0 Å². The lowest BCUT2D eigenvalue weighted by Crippen LogP contribution is -2.58. The third kappa shape index (κ3) is 4.38. The number of halogens is 1. The van der Waals surface area contributed by atoms with E-state index in [2.05, 4.69) is 29.3 Å². The zero-order valence-electron chi connectivity index (χ0n) is 18.8. The Kier molecular flexibility index (Phi) is 6.71. The minimum Gasteiger partial charge on any atom is -0.378 e. The quantitative estimate of drug-likeness (QED) is 0.485. The number of nitrogens with one attached hydrogen (secondary N) is 1. The third-order valence-electron chi connectivity index (χ3n) is 6.44. The van der Waals surface area contributed by atoms with Crippen LogP contribution >= 0.6 is 34.7 Å². The number of hydrogen-bond acceptors (Lipinski definition) is 6. The number of Topliss-reactive ketones (excluding diaryl/α,β-unsaturated/α-hetero) is 1. The summed E-state index contributed by atoms with van der Waals surface area (Å²) < 4.78 is 5.49. The summed E-state index contributed by atoms with van der Waals surface area (Å²) in [6, 6.07) is 15.5. The molecule has 8 heteroatoms. The molecule has 2 unspecified atom stereocenters. The summed E-state index contributed by atoms with van der Waals surface area (Å²) >= 11 is 9.07. The highest BCUT2D eigenvalue weighted by Crippen LogP contribution is 2.42. The van der Waals surface area contributed by atoms with Gasteiger partial charge in [0.25, 0.3) is 0 Å². The molecule has 0 radical (unpaired) electrons. The number of carbonyl (C=O) groups is 2. The number of thioether (sulfide) groups is 1. The molecule has 3 heterocycles. The number of benzene rings is 2. The smallest absolute Gasteiger partial charge is 0.242 e. The van der Waals surface area contributed by atoms with Crippen molar-refractivity contribution < 1.29 is 14.3 Å². The molecule has 1 N–H and O–H groups in total. The van der Waals surface area contributed by atoms with Gasteiger partial charge in [-0.2, -0.15) is 11.3 Å². The number of amides is 1. The fourth-order valence-corrected chi connectivity index (χ4v) is 6.68. The van der Waals surface area contributed by atoms with Gasteiger partial charge in [-0.1, -0.05) is 35.9 Å². The Balaban J connectivity index is 1.48. The number of morpholine rings is 1. The van der Waals surface area contributed by atoms with E-state index in [-0.39, 0.29) is 18.1 Å². The molecule has 0 spiro atoms. The second-order valence-electron chi connectivity index (χ2n) is 8.58. The predicted octanol–water partition coefficient (Wildman–Crippen LogP) is 5.04. The summed E-state index contributed by atoms with van der Waals surface area (Å²) in [7, 11) is 0. The van der Waals surface area contributed by atoms with E-state index >= 15 is 0 Å². The number of thiophene rings is 1. The van der Waals surface area contributed by atoms with Crippen LogP contribution in [0.4, 0.5) is 5.69 Å². The molecule has 2 aliphatic heterocycles. The Morgan fingerprint density at radius 1 is 1.12 bits per heavy atom. The molecule has 1 amide bonds. The number of ether oxygens (including phenoxy) is 1. The first-order valence-corrected chi connectivity index (χ1v) is 13.4. The molecule has 2 atom stereocenters. The number of hydrogen-bond donors (Lipinski definition) is 1. The van der Waals surface area contributed by atoms with Crippen LogP contribution in [-0.4, -0.2) is 43.2 Å². The van der Waals surface area contributed by atoms with Gasteiger partial charge in [-0.25, -0.2) is 0 Å². The van der Waals surface area contributed by atoms with Crippen molar-refractivity contribution in [2.24, 2.45) is 0 Å². The van der Waals surface area contributed by atoms with Crippen LogP contribution in [-0.2, 0) is 19.9 Å². The van der Waals surface area contributed by atoms with Gasteiger partial charge >= 0.3 is 0 Å². The van der Waals surface area contributed by atoms with Gasteiger partial charge in [-0.05, 0) is 58.6 Å². The Bertz CT molecular complexity index is 1190. The minimum absolute atomic E-state index is 0.102. The number of carbonyl (C=O) groups excluding carboxylic acids is 2. The van der Waals surface area contributed by atoms with Gasteiger partial charge in [-0.3, -0.25) is 9.59 Å². The lowest BCUT2D eigenvalue weighted by atomic mass is 9.76. The second-order valence-corrected chi connectivity index (χ2v) is 10.9. The van der Waals surface area contributed by atoms with Crippen LogP contribution in [0.3, 0.4) is 0 Å². The van der Waals surface area contributed by atoms with E-state index < -0.39 is 10.8 Å². The van der Waals surface area contributed by atoms with E-state index in [9.17, 15) is 9.59 Å². The summed E-state index contributed by atoms with van der Waals surface area (Å²) in [5, 5.41) is 6.94. The molecular weight excluding hydrogens is 488 g/mol. The summed E-state index contributed by atoms with van der Waals surface area (Å²) in [6.07, 6.45) is 0.188. The number of nitrogens with zero attached hydrogens (tertiary/aromatic N) is 1. The van der Waals surface area contributed by atoms with Crippen LogP contribution in [0.25, 0.3) is 0 Å². The highest BCUT2D eigenvalue weighted by Gasteiger charge is 2.47. The number of rotatable bonds is 5. The Hall–Kier alpha value is -2.32. The molecule has 2 aromatic carbocycles. The van der Waals surface area contributed by atoms with Crippen molar-refractivity contribution in [2.75, 3.05) is 31.2 Å². The minimum atomic E-state index is -0.889. The first-order chi connectivity index (χ1) is 16.5. The van der Waals surface area contributed by atoms with E-state index in [1.54, 1.807) is 17.4 Å². The number of piperidine rings is 1. The molecule has 2 saturated heterocycles. The summed E-state index contributed by atoms with van der Waals surface area (Å²) in [5.74, 6) is -0.392. The topological polar surface area (TPSA) is 58.6 Å². The van der Waals surface area contributed by atoms with Crippen LogP contribution in [0, 0.1) is 6.92 Å². The highest BCUT2D eigenvalue weighted by molar-refractivity contribution is 8.01. The van der Waals surface area contributed by atoms with E-state index in [1.165, 1.54) is 11.8 Å². The molecule has 2 fully saturated rings. The summed E-state index contributed by atoms with van der Waals surface area (Å²) in [4.78, 5) is 29.9. The molecule has 176 valence electrons. The van der Waals surface area contributed by atoms with Crippen molar-refractivity contribution in [1.82, 2.24) is 5.32 Å². The number of ketones is 1. The Morgan fingerprint density at radius 3 is 2.59 bits per heavy atom. The van der Waals surface area contributed by atoms with Crippen molar-refractivity contribution in [3.63, 3.8) is 0 Å². The van der Waals surface area contributed by atoms with Gasteiger partial charge in [0.05, 0.1) is 23.8 Å². The zero-order chi connectivity index (χ0) is 23.7. The van der Waals surface area contributed by atoms with Crippen LogP contribution in [0.2, 0.25) is 5.02 Å². The van der Waals surface area contributed by atoms with Crippen molar-refractivity contribution in [1.29, 1.82) is 0 Å². The summed E-state index contributed by atoms with van der Waals surface area (Å²) in [5.41, 5.74) is 3.23. The third-order valence-corrected chi connectivity index (χ3v) is 8.89. The number of aryl methyl sites for hydroxylation is 1.